The summed E-state index contributed by atoms with van der Waals surface area (Å²) in [6.07, 6.45) is 0. The Kier molecular flexibility index (Phi) is 5.91. The van der Waals surface area contributed by atoms with Gasteiger partial charge in [-0.15, -0.1) is 0 Å². The second-order valence-electron chi connectivity index (χ2n) is 12.5. The van der Waals surface area contributed by atoms with Crippen molar-refractivity contribution in [2.24, 2.45) is 0 Å². The Balaban J connectivity index is 1.30. The standard InChI is InChI=1S/C46H29NO/c1-2-12-30(13-3-1)35-15-8-10-20-41(35)47(34-25-26-37-32(28-34)24-27-44-46(37)40-19-9-11-21-43(40)48-44)42-29-33-23-22-31-14-4-5-16-36(31)45(33)39-18-7-6-17-38(39)42/h1-29H. The zero-order chi connectivity index (χ0) is 31.6. The van der Waals surface area contributed by atoms with Crippen LogP contribution in [-0.4, -0.2) is 0 Å². The monoisotopic (exact) mass is 611 g/mol. The van der Waals surface area contributed by atoms with E-state index in [0.29, 0.717) is 0 Å². The number of hydrogen-bond acceptors (Lipinski definition) is 2. The van der Waals surface area contributed by atoms with E-state index in [1.165, 1.54) is 54.2 Å². The van der Waals surface area contributed by atoms with Crippen LogP contribution in [0, 0.1) is 0 Å². The van der Waals surface area contributed by atoms with E-state index in [1.807, 2.05) is 12.1 Å². The first-order chi connectivity index (χ1) is 23.8. The fraction of sp³-hybridized carbons (Fsp3) is 0. The van der Waals surface area contributed by atoms with Crippen LogP contribution >= 0.6 is 0 Å². The zero-order valence-electron chi connectivity index (χ0n) is 26.1. The van der Waals surface area contributed by atoms with Crippen LogP contribution in [0.2, 0.25) is 0 Å². The first-order valence-electron chi connectivity index (χ1n) is 16.4. The summed E-state index contributed by atoms with van der Waals surface area (Å²) in [5, 5.41) is 12.2. The molecule has 0 saturated heterocycles. The Labute approximate surface area is 277 Å². The second-order valence-corrected chi connectivity index (χ2v) is 12.5. The lowest BCUT2D eigenvalue weighted by Crippen LogP contribution is -2.12. The average Bonchev–Trinajstić information content (AvgIpc) is 3.54. The molecule has 10 aromatic rings. The molecule has 0 bridgehead atoms. The van der Waals surface area contributed by atoms with Gasteiger partial charge in [0.15, 0.2) is 0 Å². The number of benzene rings is 9. The highest BCUT2D eigenvalue weighted by atomic mass is 16.3. The van der Waals surface area contributed by atoms with Crippen LogP contribution in [0.3, 0.4) is 0 Å². The van der Waals surface area contributed by atoms with Crippen LogP contribution in [0.4, 0.5) is 17.1 Å². The largest absolute Gasteiger partial charge is 0.456 e. The summed E-state index contributed by atoms with van der Waals surface area (Å²) in [5.74, 6) is 0. The van der Waals surface area contributed by atoms with Gasteiger partial charge in [-0.1, -0.05) is 140 Å². The van der Waals surface area contributed by atoms with E-state index in [2.05, 4.69) is 169 Å². The Morgan fingerprint density at radius 3 is 1.92 bits per heavy atom. The van der Waals surface area contributed by atoms with Crippen molar-refractivity contribution in [3.8, 4) is 11.1 Å². The van der Waals surface area contributed by atoms with Gasteiger partial charge >= 0.3 is 0 Å². The molecule has 48 heavy (non-hydrogen) atoms. The minimum absolute atomic E-state index is 0.912. The number of anilines is 3. The Morgan fingerprint density at radius 2 is 1.02 bits per heavy atom. The fourth-order valence-electron chi connectivity index (χ4n) is 7.66. The van der Waals surface area contributed by atoms with E-state index in [1.54, 1.807) is 0 Å². The molecule has 0 atom stereocenters. The average molecular weight is 612 g/mol. The molecular weight excluding hydrogens is 583 g/mol. The van der Waals surface area contributed by atoms with Crippen molar-refractivity contribution in [3.05, 3.63) is 176 Å². The maximum absolute atomic E-state index is 6.25. The molecule has 0 fully saturated rings. The van der Waals surface area contributed by atoms with E-state index in [9.17, 15) is 0 Å². The number of hydrogen-bond donors (Lipinski definition) is 0. The van der Waals surface area contributed by atoms with Gasteiger partial charge in [0.05, 0.1) is 11.4 Å². The molecule has 10 rings (SSSR count). The lowest BCUT2D eigenvalue weighted by atomic mass is 9.94. The van der Waals surface area contributed by atoms with Crippen LogP contribution in [0.5, 0.6) is 0 Å². The molecule has 0 aliphatic rings. The second kappa shape index (κ2) is 10.6. The number of para-hydroxylation sites is 2. The smallest absolute Gasteiger partial charge is 0.136 e. The molecule has 1 aromatic heterocycles. The summed E-state index contributed by atoms with van der Waals surface area (Å²) in [4.78, 5) is 2.45. The van der Waals surface area contributed by atoms with Crippen LogP contribution in [0.1, 0.15) is 0 Å². The van der Waals surface area contributed by atoms with Gasteiger partial charge < -0.3 is 9.32 Å². The third kappa shape index (κ3) is 4.06. The zero-order valence-corrected chi connectivity index (χ0v) is 26.1. The van der Waals surface area contributed by atoms with Gasteiger partial charge in [-0.25, -0.2) is 0 Å². The quantitative estimate of drug-likeness (QED) is 0.184. The van der Waals surface area contributed by atoms with Crippen molar-refractivity contribution >= 4 is 82.1 Å². The van der Waals surface area contributed by atoms with Crippen molar-refractivity contribution in [1.29, 1.82) is 0 Å². The predicted octanol–water partition coefficient (Wildman–Crippen LogP) is 13.3. The molecule has 0 amide bonds. The van der Waals surface area contributed by atoms with Crippen molar-refractivity contribution in [2.45, 2.75) is 0 Å². The third-order valence-electron chi connectivity index (χ3n) is 9.80. The summed E-state index contributed by atoms with van der Waals surface area (Å²) in [5.41, 5.74) is 7.56. The first kappa shape index (κ1) is 26.8. The lowest BCUT2D eigenvalue weighted by Gasteiger charge is -2.30. The van der Waals surface area contributed by atoms with Gasteiger partial charge in [-0.05, 0) is 79.7 Å². The molecule has 0 aliphatic carbocycles. The van der Waals surface area contributed by atoms with E-state index in [0.717, 1.165) is 39.0 Å². The van der Waals surface area contributed by atoms with Crippen molar-refractivity contribution < 1.29 is 4.42 Å². The maximum atomic E-state index is 6.25. The Hall–Kier alpha value is -6.38. The van der Waals surface area contributed by atoms with Crippen LogP contribution < -0.4 is 4.90 Å². The van der Waals surface area contributed by atoms with Crippen LogP contribution in [-0.2, 0) is 0 Å². The van der Waals surface area contributed by atoms with Crippen LogP contribution in [0.15, 0.2) is 180 Å². The number of furan rings is 1. The highest BCUT2D eigenvalue weighted by Crippen LogP contribution is 2.47. The normalized spacial score (nSPS) is 11.8. The SMILES string of the molecule is c1ccc(-c2ccccc2N(c2ccc3c(ccc4oc5ccccc5c43)c2)c2cc3ccc4ccccc4c3c3ccccc23)cc1. The van der Waals surface area contributed by atoms with Gasteiger partial charge in [0.2, 0.25) is 0 Å². The molecule has 2 nitrogen and oxygen atoms in total. The molecule has 0 aliphatic heterocycles. The number of nitrogens with zero attached hydrogens (tertiary/aromatic N) is 1. The van der Waals surface area contributed by atoms with Crippen molar-refractivity contribution in [1.82, 2.24) is 0 Å². The molecular formula is C46H29NO. The molecule has 0 unspecified atom stereocenters. The minimum Gasteiger partial charge on any atom is -0.456 e. The highest BCUT2D eigenvalue weighted by molar-refractivity contribution is 6.24. The van der Waals surface area contributed by atoms with E-state index in [-0.39, 0.29) is 0 Å². The molecule has 0 radical (unpaired) electrons. The molecule has 224 valence electrons. The maximum Gasteiger partial charge on any atom is 0.136 e. The van der Waals surface area contributed by atoms with Gasteiger partial charge in [0.1, 0.15) is 11.2 Å². The summed E-state index contributed by atoms with van der Waals surface area (Å²) in [6.45, 7) is 0. The summed E-state index contributed by atoms with van der Waals surface area (Å²) in [7, 11) is 0. The lowest BCUT2D eigenvalue weighted by molar-refractivity contribution is 0.669. The first-order valence-corrected chi connectivity index (χ1v) is 16.4. The molecule has 9 aromatic carbocycles. The van der Waals surface area contributed by atoms with Gasteiger partial charge in [0.25, 0.3) is 0 Å². The molecule has 0 saturated carbocycles. The molecule has 2 heteroatoms. The van der Waals surface area contributed by atoms with Crippen molar-refractivity contribution in [2.75, 3.05) is 4.90 Å². The minimum atomic E-state index is 0.912. The van der Waals surface area contributed by atoms with Crippen molar-refractivity contribution in [3.63, 3.8) is 0 Å². The summed E-state index contributed by atoms with van der Waals surface area (Å²) < 4.78 is 6.25. The Bertz CT molecular complexity index is 2850. The van der Waals surface area contributed by atoms with E-state index >= 15 is 0 Å². The molecule has 1 heterocycles. The molecule has 0 N–H and O–H groups in total. The summed E-state index contributed by atoms with van der Waals surface area (Å²) >= 11 is 0. The molecule has 0 spiro atoms. The van der Waals surface area contributed by atoms with Gasteiger partial charge in [-0.2, -0.15) is 0 Å². The van der Waals surface area contributed by atoms with Crippen LogP contribution in [0.25, 0.3) is 76.2 Å². The topological polar surface area (TPSA) is 16.4 Å². The number of rotatable bonds is 4. The summed E-state index contributed by atoms with van der Waals surface area (Å²) in [6, 6.07) is 63.4. The van der Waals surface area contributed by atoms with Gasteiger partial charge in [0, 0.05) is 27.4 Å². The fourth-order valence-corrected chi connectivity index (χ4v) is 7.66. The third-order valence-corrected chi connectivity index (χ3v) is 9.80. The Morgan fingerprint density at radius 1 is 0.354 bits per heavy atom. The van der Waals surface area contributed by atoms with Gasteiger partial charge in [-0.3, -0.25) is 0 Å². The number of fused-ring (bicyclic) bond motifs is 10. The van der Waals surface area contributed by atoms with E-state index < -0.39 is 0 Å². The highest BCUT2D eigenvalue weighted by Gasteiger charge is 2.22. The predicted molar refractivity (Wildman–Crippen MR) is 204 cm³/mol. The van der Waals surface area contributed by atoms with E-state index in [4.69, 9.17) is 4.42 Å².